The van der Waals surface area contributed by atoms with Crippen LogP contribution in [0.4, 0.5) is 22.0 Å². The van der Waals surface area contributed by atoms with E-state index in [0.29, 0.717) is 22.2 Å². The van der Waals surface area contributed by atoms with Gasteiger partial charge in [-0.05, 0) is 48.9 Å². The van der Waals surface area contributed by atoms with Crippen molar-refractivity contribution in [2.24, 2.45) is 0 Å². The fourth-order valence-electron chi connectivity index (χ4n) is 3.15. The fourth-order valence-corrected chi connectivity index (χ4v) is 3.34. The summed E-state index contributed by atoms with van der Waals surface area (Å²) in [6, 6.07) is 18.2. The summed E-state index contributed by atoms with van der Waals surface area (Å²) in [7, 11) is 0. The van der Waals surface area contributed by atoms with Crippen LogP contribution in [0.1, 0.15) is 5.82 Å². The monoisotopic (exact) mass is 391 g/mol. The van der Waals surface area contributed by atoms with Crippen molar-refractivity contribution in [1.82, 2.24) is 9.38 Å². The van der Waals surface area contributed by atoms with Gasteiger partial charge in [-0.2, -0.15) is 0 Å². The number of nitrogens with two attached hydrogens (primary N) is 1. The first-order valence-corrected chi connectivity index (χ1v) is 9.06. The maximum absolute atomic E-state index is 12.2. The molecule has 6 nitrogen and oxygen atoms in total. The Morgan fingerprint density at radius 1 is 1.04 bits per heavy atom. The van der Waals surface area contributed by atoms with Gasteiger partial charge in [0.15, 0.2) is 5.82 Å². The Morgan fingerprint density at radius 3 is 2.54 bits per heavy atom. The van der Waals surface area contributed by atoms with Gasteiger partial charge >= 0.3 is 6.03 Å². The van der Waals surface area contributed by atoms with Crippen molar-refractivity contribution in [1.29, 1.82) is 0 Å². The summed E-state index contributed by atoms with van der Waals surface area (Å²) in [6.45, 7) is 1.92. The normalized spacial score (nSPS) is 10.8. The molecule has 2 aromatic carbocycles. The molecule has 0 saturated carbocycles. The highest BCUT2D eigenvalue weighted by molar-refractivity contribution is 6.30. The smallest absolute Gasteiger partial charge is 0.323 e. The van der Waals surface area contributed by atoms with Crippen LogP contribution in [0.15, 0.2) is 66.9 Å². The average Bonchev–Trinajstić information content (AvgIpc) is 2.96. The maximum Gasteiger partial charge on any atom is 0.323 e. The van der Waals surface area contributed by atoms with E-state index in [2.05, 4.69) is 15.6 Å². The molecule has 2 amide bonds. The predicted molar refractivity (Wildman–Crippen MR) is 114 cm³/mol. The zero-order chi connectivity index (χ0) is 19.7. The third kappa shape index (κ3) is 3.50. The highest BCUT2D eigenvalue weighted by atomic mass is 35.5. The zero-order valence-electron chi connectivity index (χ0n) is 15.1. The molecule has 28 heavy (non-hydrogen) atoms. The summed E-state index contributed by atoms with van der Waals surface area (Å²) >= 11 is 5.93. The third-order valence-electron chi connectivity index (χ3n) is 4.40. The maximum atomic E-state index is 12.2. The second-order valence-corrected chi connectivity index (χ2v) is 6.79. The zero-order valence-corrected chi connectivity index (χ0v) is 15.9. The first-order valence-electron chi connectivity index (χ1n) is 8.68. The lowest BCUT2D eigenvalue weighted by Crippen LogP contribution is -2.19. The van der Waals surface area contributed by atoms with E-state index in [1.165, 1.54) is 0 Å². The quantitative estimate of drug-likeness (QED) is 0.449. The summed E-state index contributed by atoms with van der Waals surface area (Å²) in [5.41, 5.74) is 10.2. The van der Waals surface area contributed by atoms with Crippen LogP contribution in [0.3, 0.4) is 0 Å². The lowest BCUT2D eigenvalue weighted by molar-refractivity contribution is 0.262. The SMILES string of the molecule is Cc1nc(N)c2c(-c3ccc(NC(=O)Nc4cccc(Cl)c4)cc3)cccn12. The summed E-state index contributed by atoms with van der Waals surface area (Å²) in [5, 5.41) is 6.12. The van der Waals surface area contributed by atoms with E-state index in [4.69, 9.17) is 17.3 Å². The highest BCUT2D eigenvalue weighted by Crippen LogP contribution is 2.29. The molecule has 4 N–H and O–H groups in total. The van der Waals surface area contributed by atoms with Crippen LogP contribution < -0.4 is 16.4 Å². The molecule has 0 unspecified atom stereocenters. The molecule has 0 aliphatic heterocycles. The molecule has 0 atom stereocenters. The summed E-state index contributed by atoms with van der Waals surface area (Å²) < 4.78 is 1.97. The van der Waals surface area contributed by atoms with Gasteiger partial charge in [-0.1, -0.05) is 35.9 Å². The van der Waals surface area contributed by atoms with Gasteiger partial charge < -0.3 is 20.8 Å². The molecule has 7 heteroatoms. The number of pyridine rings is 1. The minimum atomic E-state index is -0.340. The van der Waals surface area contributed by atoms with E-state index in [1.54, 1.807) is 24.3 Å². The lowest BCUT2D eigenvalue weighted by atomic mass is 10.1. The number of benzene rings is 2. The molecule has 0 aliphatic rings. The molecule has 0 fully saturated rings. The number of amides is 2. The Hall–Kier alpha value is -3.51. The topological polar surface area (TPSA) is 84.4 Å². The largest absolute Gasteiger partial charge is 0.382 e. The Kier molecular flexibility index (Phi) is 4.63. The number of hydrogen-bond donors (Lipinski definition) is 3. The number of aromatic nitrogens is 2. The minimum Gasteiger partial charge on any atom is -0.382 e. The van der Waals surface area contributed by atoms with Crippen LogP contribution in [0.2, 0.25) is 5.02 Å². The minimum absolute atomic E-state index is 0.340. The van der Waals surface area contributed by atoms with E-state index in [1.807, 2.05) is 53.9 Å². The van der Waals surface area contributed by atoms with Crippen molar-refractivity contribution in [3.05, 3.63) is 77.7 Å². The molecule has 2 aromatic heterocycles. The summed E-state index contributed by atoms with van der Waals surface area (Å²) in [4.78, 5) is 16.5. The lowest BCUT2D eigenvalue weighted by Gasteiger charge is -2.10. The molecule has 0 spiro atoms. The van der Waals surface area contributed by atoms with Crippen molar-refractivity contribution in [2.75, 3.05) is 16.4 Å². The first kappa shape index (κ1) is 17.9. The molecule has 4 rings (SSSR count). The molecule has 4 aromatic rings. The summed E-state index contributed by atoms with van der Waals surface area (Å²) in [5.74, 6) is 1.33. The van der Waals surface area contributed by atoms with Crippen molar-refractivity contribution in [2.45, 2.75) is 6.92 Å². The Balaban J connectivity index is 1.54. The number of rotatable bonds is 3. The van der Waals surface area contributed by atoms with Gasteiger partial charge in [-0.3, -0.25) is 0 Å². The van der Waals surface area contributed by atoms with Crippen LogP contribution in [-0.2, 0) is 0 Å². The Labute approximate surface area is 167 Å². The molecule has 140 valence electrons. The second kappa shape index (κ2) is 7.25. The van der Waals surface area contributed by atoms with Crippen LogP contribution >= 0.6 is 11.6 Å². The van der Waals surface area contributed by atoms with Crippen molar-refractivity contribution >= 4 is 40.3 Å². The molecule has 0 bridgehead atoms. The van der Waals surface area contributed by atoms with Gasteiger partial charge in [0.2, 0.25) is 0 Å². The van der Waals surface area contributed by atoms with Gasteiger partial charge in [0.25, 0.3) is 0 Å². The van der Waals surface area contributed by atoms with Gasteiger partial charge in [0, 0.05) is 28.2 Å². The van der Waals surface area contributed by atoms with Crippen molar-refractivity contribution < 1.29 is 4.79 Å². The number of nitrogens with one attached hydrogen (secondary N) is 2. The van der Waals surface area contributed by atoms with Gasteiger partial charge in [-0.25, -0.2) is 9.78 Å². The molecule has 0 aliphatic carbocycles. The van der Waals surface area contributed by atoms with E-state index in [-0.39, 0.29) is 6.03 Å². The number of hydrogen-bond acceptors (Lipinski definition) is 3. The van der Waals surface area contributed by atoms with Crippen molar-refractivity contribution in [3.63, 3.8) is 0 Å². The van der Waals surface area contributed by atoms with E-state index in [9.17, 15) is 4.79 Å². The number of urea groups is 1. The number of aryl methyl sites for hydroxylation is 1. The number of nitrogens with zero attached hydrogens (tertiary/aromatic N) is 2. The Bertz CT molecular complexity index is 1170. The second-order valence-electron chi connectivity index (χ2n) is 6.35. The predicted octanol–water partition coefficient (Wildman–Crippen LogP) is 5.19. The molecular formula is C21H18ClN5O. The van der Waals surface area contributed by atoms with Crippen LogP contribution in [0.5, 0.6) is 0 Å². The molecule has 0 saturated heterocycles. The molecule has 2 heterocycles. The van der Waals surface area contributed by atoms with Crippen LogP contribution in [-0.4, -0.2) is 15.4 Å². The number of fused-ring (bicyclic) bond motifs is 1. The highest BCUT2D eigenvalue weighted by Gasteiger charge is 2.11. The first-order chi connectivity index (χ1) is 13.5. The number of carbonyl (C=O) groups is 1. The number of nitrogen functional groups attached to an aromatic ring is 1. The van der Waals surface area contributed by atoms with Gasteiger partial charge in [0.1, 0.15) is 5.82 Å². The number of anilines is 3. The van der Waals surface area contributed by atoms with Crippen molar-refractivity contribution in [3.8, 4) is 11.1 Å². The van der Waals surface area contributed by atoms with Crippen LogP contribution in [0, 0.1) is 6.92 Å². The van der Waals surface area contributed by atoms with Gasteiger partial charge in [-0.15, -0.1) is 0 Å². The number of imidazole rings is 1. The molecule has 0 radical (unpaired) electrons. The average molecular weight is 392 g/mol. The number of halogens is 1. The third-order valence-corrected chi connectivity index (χ3v) is 4.64. The van der Waals surface area contributed by atoms with Crippen LogP contribution in [0.25, 0.3) is 16.6 Å². The van der Waals surface area contributed by atoms with E-state index in [0.717, 1.165) is 22.5 Å². The fraction of sp³-hybridized carbons (Fsp3) is 0.0476. The standard InChI is InChI=1S/C21H18ClN5O/c1-13-24-20(23)19-18(6-3-11-27(13)19)14-7-9-16(10-8-14)25-21(28)26-17-5-2-4-15(22)12-17/h2-12H,23H2,1H3,(H2,25,26,28). The van der Waals surface area contributed by atoms with E-state index >= 15 is 0 Å². The summed E-state index contributed by atoms with van der Waals surface area (Å²) in [6.07, 6.45) is 1.94. The van der Waals surface area contributed by atoms with Gasteiger partial charge in [0.05, 0.1) is 5.52 Å². The van der Waals surface area contributed by atoms with E-state index < -0.39 is 0 Å². The number of carbonyl (C=O) groups excluding carboxylic acids is 1. The Morgan fingerprint density at radius 2 is 1.79 bits per heavy atom. The molecular weight excluding hydrogens is 374 g/mol.